The molecule has 3 aliphatic rings. The molecule has 1 fully saturated rings. The molecule has 0 aromatic heterocycles. The number of hydrogen-bond donors (Lipinski definition) is 2. The van der Waals surface area contributed by atoms with Gasteiger partial charge in [-0.25, -0.2) is 4.39 Å². The minimum Gasteiger partial charge on any atom is -0.392 e. The van der Waals surface area contributed by atoms with Crippen LogP contribution in [0.4, 0.5) is 4.39 Å². The van der Waals surface area contributed by atoms with E-state index in [4.69, 9.17) is 0 Å². The lowest BCUT2D eigenvalue weighted by Gasteiger charge is -2.38. The number of nitrogens with zero attached hydrogens (tertiary/aromatic N) is 2. The highest BCUT2D eigenvalue weighted by atomic mass is 19.1. The summed E-state index contributed by atoms with van der Waals surface area (Å²) in [6.45, 7) is 2.63. The summed E-state index contributed by atoms with van der Waals surface area (Å²) in [7, 11) is 0. The number of piperazine rings is 1. The highest BCUT2D eigenvalue weighted by molar-refractivity contribution is 5.79. The Balaban J connectivity index is 1.67. The molecule has 0 aromatic rings. The molecule has 1 amide bonds. The first-order valence-electron chi connectivity index (χ1n) is 8.21. The first-order chi connectivity index (χ1) is 11.7. The van der Waals surface area contributed by atoms with Gasteiger partial charge in [0.2, 0.25) is 5.91 Å². The van der Waals surface area contributed by atoms with Crippen molar-refractivity contribution >= 4 is 5.91 Å². The van der Waals surface area contributed by atoms with Gasteiger partial charge in [0.15, 0.2) is 5.83 Å². The molecule has 0 aromatic carbocycles. The minimum absolute atomic E-state index is 0.0141. The number of amides is 1. The first kappa shape index (κ1) is 16.5. The Morgan fingerprint density at radius 3 is 2.62 bits per heavy atom. The SMILES string of the molecule is O=C1CC=C(N2CCN(C3=CCC=CC(CO)=C3F)CC2)C=CN1. The molecule has 1 aliphatic carbocycles. The number of aliphatic hydroxyl groups is 1. The Morgan fingerprint density at radius 2 is 1.88 bits per heavy atom. The molecule has 0 saturated carbocycles. The van der Waals surface area contributed by atoms with Gasteiger partial charge in [-0.2, -0.15) is 0 Å². The third-order valence-electron chi connectivity index (χ3n) is 4.42. The van der Waals surface area contributed by atoms with E-state index >= 15 is 0 Å². The summed E-state index contributed by atoms with van der Waals surface area (Å²) in [5, 5.41) is 12.0. The largest absolute Gasteiger partial charge is 0.392 e. The number of rotatable bonds is 3. The van der Waals surface area contributed by atoms with Gasteiger partial charge in [0.25, 0.3) is 0 Å². The van der Waals surface area contributed by atoms with Gasteiger partial charge in [-0.15, -0.1) is 0 Å². The first-order valence-corrected chi connectivity index (χ1v) is 8.21. The van der Waals surface area contributed by atoms with E-state index in [1.54, 1.807) is 12.3 Å². The van der Waals surface area contributed by atoms with Crippen LogP contribution in [0.25, 0.3) is 0 Å². The fraction of sp³-hybridized carbons (Fsp3) is 0.389. The van der Waals surface area contributed by atoms with Crippen LogP contribution in [0.1, 0.15) is 12.8 Å². The molecule has 2 heterocycles. The maximum Gasteiger partial charge on any atom is 0.227 e. The number of hydrogen-bond acceptors (Lipinski definition) is 4. The van der Waals surface area contributed by atoms with E-state index in [0.717, 1.165) is 18.8 Å². The van der Waals surface area contributed by atoms with Crippen molar-refractivity contribution in [3.05, 3.63) is 59.4 Å². The molecule has 2 aliphatic heterocycles. The van der Waals surface area contributed by atoms with Gasteiger partial charge < -0.3 is 20.2 Å². The highest BCUT2D eigenvalue weighted by Gasteiger charge is 2.23. The molecule has 0 radical (unpaired) electrons. The second kappa shape index (κ2) is 7.49. The quantitative estimate of drug-likeness (QED) is 0.824. The maximum absolute atomic E-state index is 14.6. The molecular weight excluding hydrogens is 309 g/mol. The predicted octanol–water partition coefficient (Wildman–Crippen LogP) is 1.58. The molecule has 24 heavy (non-hydrogen) atoms. The third kappa shape index (κ3) is 3.59. The Hall–Kier alpha value is -2.34. The van der Waals surface area contributed by atoms with Crippen molar-refractivity contribution < 1.29 is 14.3 Å². The number of aliphatic hydroxyl groups excluding tert-OH is 1. The van der Waals surface area contributed by atoms with Gasteiger partial charge in [-0.3, -0.25) is 4.79 Å². The summed E-state index contributed by atoms with van der Waals surface area (Å²) in [4.78, 5) is 15.6. The Kier molecular flexibility index (Phi) is 5.15. The van der Waals surface area contributed by atoms with Crippen LogP contribution in [0.5, 0.6) is 0 Å². The fourth-order valence-corrected chi connectivity index (χ4v) is 3.09. The second-order valence-corrected chi connectivity index (χ2v) is 5.93. The fourth-order valence-electron chi connectivity index (χ4n) is 3.09. The lowest BCUT2D eigenvalue weighted by molar-refractivity contribution is -0.119. The summed E-state index contributed by atoms with van der Waals surface area (Å²) in [6.07, 6.45) is 11.9. The van der Waals surface area contributed by atoms with Gasteiger partial charge in [0.1, 0.15) is 0 Å². The van der Waals surface area contributed by atoms with Crippen LogP contribution < -0.4 is 5.32 Å². The molecule has 1 saturated heterocycles. The summed E-state index contributed by atoms with van der Waals surface area (Å²) in [6, 6.07) is 0. The molecule has 128 valence electrons. The lowest BCUT2D eigenvalue weighted by Crippen LogP contribution is -2.45. The Labute approximate surface area is 141 Å². The summed E-state index contributed by atoms with van der Waals surface area (Å²) < 4.78 is 14.6. The van der Waals surface area contributed by atoms with E-state index in [0.29, 0.717) is 37.2 Å². The van der Waals surface area contributed by atoms with Crippen LogP contribution in [0.15, 0.2) is 59.4 Å². The normalized spacial score (nSPS) is 22.0. The smallest absolute Gasteiger partial charge is 0.227 e. The van der Waals surface area contributed by atoms with E-state index in [1.807, 2.05) is 29.2 Å². The monoisotopic (exact) mass is 331 g/mol. The average Bonchev–Trinajstić information content (AvgIpc) is 2.93. The van der Waals surface area contributed by atoms with Crippen molar-refractivity contribution in [2.75, 3.05) is 32.8 Å². The molecule has 6 heteroatoms. The lowest BCUT2D eigenvalue weighted by atomic mass is 10.1. The third-order valence-corrected chi connectivity index (χ3v) is 4.42. The van der Waals surface area contributed by atoms with Gasteiger partial charge in [0, 0.05) is 50.1 Å². The van der Waals surface area contributed by atoms with Crippen LogP contribution in [0.3, 0.4) is 0 Å². The number of carbonyl (C=O) groups is 1. The van der Waals surface area contributed by atoms with Gasteiger partial charge >= 0.3 is 0 Å². The molecule has 0 unspecified atom stereocenters. The van der Waals surface area contributed by atoms with Crippen molar-refractivity contribution in [2.24, 2.45) is 0 Å². The van der Waals surface area contributed by atoms with Crippen molar-refractivity contribution in [1.82, 2.24) is 15.1 Å². The van der Waals surface area contributed by atoms with E-state index in [1.165, 1.54) is 0 Å². The molecule has 0 spiro atoms. The number of allylic oxidation sites excluding steroid dienone is 4. The van der Waals surface area contributed by atoms with Crippen molar-refractivity contribution in [3.63, 3.8) is 0 Å². The Morgan fingerprint density at radius 1 is 1.12 bits per heavy atom. The van der Waals surface area contributed by atoms with Crippen molar-refractivity contribution in [2.45, 2.75) is 12.8 Å². The molecule has 2 N–H and O–H groups in total. The standard InChI is InChI=1S/C18H22FN3O2/c19-18-14(13-23)3-1-2-4-16(18)22-11-9-21(10-12-22)15-5-6-17(24)20-8-7-15/h1,3-5,7-8,23H,2,6,9-13H2,(H,20,24). The topological polar surface area (TPSA) is 55.8 Å². The zero-order valence-electron chi connectivity index (χ0n) is 13.5. The van der Waals surface area contributed by atoms with E-state index in [-0.39, 0.29) is 18.3 Å². The summed E-state index contributed by atoms with van der Waals surface area (Å²) >= 11 is 0. The molecule has 5 nitrogen and oxygen atoms in total. The molecule has 0 bridgehead atoms. The number of halogens is 1. The maximum atomic E-state index is 14.6. The van der Waals surface area contributed by atoms with Crippen LogP contribution >= 0.6 is 0 Å². The van der Waals surface area contributed by atoms with Crippen LogP contribution in [0, 0.1) is 0 Å². The van der Waals surface area contributed by atoms with Gasteiger partial charge in [-0.05, 0) is 12.5 Å². The molecule has 3 rings (SSSR count). The van der Waals surface area contributed by atoms with Crippen LogP contribution in [-0.2, 0) is 4.79 Å². The summed E-state index contributed by atoms with van der Waals surface area (Å²) in [5.74, 6) is -0.345. The van der Waals surface area contributed by atoms with Crippen LogP contribution in [-0.4, -0.2) is 53.6 Å². The Bertz CT molecular complexity index is 653. The van der Waals surface area contributed by atoms with Crippen LogP contribution in [0.2, 0.25) is 0 Å². The zero-order chi connectivity index (χ0) is 16.9. The van der Waals surface area contributed by atoms with Crippen molar-refractivity contribution in [3.8, 4) is 0 Å². The molecule has 0 atom stereocenters. The average molecular weight is 331 g/mol. The summed E-state index contributed by atoms with van der Waals surface area (Å²) in [5.41, 5.74) is 1.93. The predicted molar refractivity (Wildman–Crippen MR) is 90.2 cm³/mol. The molecular formula is C18H22FN3O2. The van der Waals surface area contributed by atoms with Gasteiger partial charge in [0.05, 0.1) is 12.3 Å². The second-order valence-electron chi connectivity index (χ2n) is 5.93. The van der Waals surface area contributed by atoms with E-state index < -0.39 is 0 Å². The van der Waals surface area contributed by atoms with E-state index in [2.05, 4.69) is 10.2 Å². The minimum atomic E-state index is -0.330. The zero-order valence-corrected chi connectivity index (χ0v) is 13.5. The van der Waals surface area contributed by atoms with Crippen molar-refractivity contribution in [1.29, 1.82) is 0 Å². The van der Waals surface area contributed by atoms with E-state index in [9.17, 15) is 14.3 Å². The number of nitrogens with one attached hydrogen (secondary N) is 1. The van der Waals surface area contributed by atoms with Gasteiger partial charge in [-0.1, -0.05) is 24.3 Å². The highest BCUT2D eigenvalue weighted by Crippen LogP contribution is 2.26. The number of carbonyl (C=O) groups excluding carboxylic acids is 1.